The van der Waals surface area contributed by atoms with Gasteiger partial charge in [-0.25, -0.2) is 0 Å². The molecule has 0 aromatic heterocycles. The van der Waals surface area contributed by atoms with E-state index in [1.165, 1.54) is 47.1 Å². The fourth-order valence-corrected chi connectivity index (χ4v) is 4.75. The third kappa shape index (κ3) is 2.44. The first-order valence-electron chi connectivity index (χ1n) is 8.75. The highest BCUT2D eigenvalue weighted by molar-refractivity contribution is 5.51. The molecule has 1 N–H and O–H groups in total. The maximum absolute atomic E-state index is 3.84. The summed E-state index contributed by atoms with van der Waals surface area (Å²) in [5.41, 5.74) is 9.16. The van der Waals surface area contributed by atoms with Gasteiger partial charge < -0.3 is 5.32 Å². The molecule has 3 unspecified atom stereocenters. The Bertz CT molecular complexity index is 518. The molecule has 0 radical (unpaired) electrons. The summed E-state index contributed by atoms with van der Waals surface area (Å²) in [4.78, 5) is 0. The maximum Gasteiger partial charge on any atom is 0.0354 e. The standard InChI is InChI=1S/C20H31N/c1-7-21-20(18-9-16-8-17(16)10-18)19-14(5)12(3)11(2)13(4)15(19)6/h16-18,20-21H,7-10H2,1-6H3. The van der Waals surface area contributed by atoms with Crippen LogP contribution in [0.3, 0.4) is 0 Å². The van der Waals surface area contributed by atoms with E-state index in [2.05, 4.69) is 46.9 Å². The fourth-order valence-electron chi connectivity index (χ4n) is 4.75. The Labute approximate surface area is 130 Å². The first kappa shape index (κ1) is 15.1. The average molecular weight is 285 g/mol. The van der Waals surface area contributed by atoms with Crippen LogP contribution in [0.4, 0.5) is 0 Å². The highest BCUT2D eigenvalue weighted by Gasteiger charge is 2.48. The molecule has 1 aromatic carbocycles. The Morgan fingerprint density at radius 2 is 1.29 bits per heavy atom. The second kappa shape index (κ2) is 5.43. The van der Waals surface area contributed by atoms with Crippen molar-refractivity contribution < 1.29 is 0 Å². The molecule has 2 saturated carbocycles. The lowest BCUT2D eigenvalue weighted by Gasteiger charge is -2.31. The van der Waals surface area contributed by atoms with E-state index in [1.807, 2.05) is 0 Å². The van der Waals surface area contributed by atoms with Gasteiger partial charge in [-0.3, -0.25) is 0 Å². The molecular weight excluding hydrogens is 254 g/mol. The highest BCUT2D eigenvalue weighted by atomic mass is 14.9. The van der Waals surface area contributed by atoms with Crippen LogP contribution in [0, 0.1) is 52.4 Å². The molecule has 2 fully saturated rings. The van der Waals surface area contributed by atoms with Crippen LogP contribution in [0.1, 0.15) is 65.6 Å². The predicted molar refractivity (Wildman–Crippen MR) is 90.9 cm³/mol. The molecule has 2 aliphatic rings. The lowest BCUT2D eigenvalue weighted by molar-refractivity contribution is 0.344. The largest absolute Gasteiger partial charge is 0.310 e. The van der Waals surface area contributed by atoms with Crippen LogP contribution >= 0.6 is 0 Å². The van der Waals surface area contributed by atoms with Crippen molar-refractivity contribution in [3.05, 3.63) is 33.4 Å². The Kier molecular flexibility index (Phi) is 3.90. The number of rotatable bonds is 4. The highest BCUT2D eigenvalue weighted by Crippen LogP contribution is 2.57. The molecule has 0 saturated heterocycles. The minimum absolute atomic E-state index is 0.570. The zero-order chi connectivity index (χ0) is 15.3. The fraction of sp³-hybridized carbons (Fsp3) is 0.700. The summed E-state index contributed by atoms with van der Waals surface area (Å²) in [7, 11) is 0. The van der Waals surface area contributed by atoms with E-state index in [4.69, 9.17) is 0 Å². The molecule has 1 aromatic rings. The number of hydrogen-bond donors (Lipinski definition) is 1. The predicted octanol–water partition coefficient (Wildman–Crippen LogP) is 4.93. The van der Waals surface area contributed by atoms with E-state index in [0.717, 1.165) is 24.3 Å². The van der Waals surface area contributed by atoms with Gasteiger partial charge in [0.05, 0.1) is 0 Å². The molecule has 0 aliphatic heterocycles. The van der Waals surface area contributed by atoms with E-state index in [9.17, 15) is 0 Å². The van der Waals surface area contributed by atoms with E-state index >= 15 is 0 Å². The second-order valence-corrected chi connectivity index (χ2v) is 7.56. The molecule has 3 atom stereocenters. The molecule has 1 heteroatoms. The van der Waals surface area contributed by atoms with E-state index in [-0.39, 0.29) is 0 Å². The molecule has 0 amide bonds. The molecule has 1 nitrogen and oxygen atoms in total. The Morgan fingerprint density at radius 1 is 0.810 bits per heavy atom. The second-order valence-electron chi connectivity index (χ2n) is 7.56. The van der Waals surface area contributed by atoms with E-state index in [1.54, 1.807) is 5.56 Å². The van der Waals surface area contributed by atoms with Crippen LogP contribution < -0.4 is 5.32 Å². The third-order valence-corrected chi connectivity index (χ3v) is 6.54. The summed E-state index contributed by atoms with van der Waals surface area (Å²) >= 11 is 0. The first-order valence-corrected chi connectivity index (χ1v) is 8.75. The van der Waals surface area contributed by atoms with Gasteiger partial charge >= 0.3 is 0 Å². The topological polar surface area (TPSA) is 12.0 Å². The molecule has 0 bridgehead atoms. The lowest BCUT2D eigenvalue weighted by atomic mass is 9.80. The van der Waals surface area contributed by atoms with Gasteiger partial charge in [-0.1, -0.05) is 6.92 Å². The molecular formula is C20H31N. The minimum Gasteiger partial charge on any atom is -0.310 e. The molecule has 2 aliphatic carbocycles. The van der Waals surface area contributed by atoms with Gasteiger partial charge in [-0.05, 0) is 112 Å². The van der Waals surface area contributed by atoms with Gasteiger partial charge in [-0.2, -0.15) is 0 Å². The van der Waals surface area contributed by atoms with Gasteiger partial charge in [-0.15, -0.1) is 0 Å². The quantitative estimate of drug-likeness (QED) is 0.827. The Balaban J connectivity index is 2.02. The van der Waals surface area contributed by atoms with Crippen molar-refractivity contribution in [1.82, 2.24) is 5.32 Å². The number of fused-ring (bicyclic) bond motifs is 1. The van der Waals surface area contributed by atoms with Crippen molar-refractivity contribution >= 4 is 0 Å². The van der Waals surface area contributed by atoms with Crippen molar-refractivity contribution in [3.8, 4) is 0 Å². The summed E-state index contributed by atoms with van der Waals surface area (Å²) in [6.45, 7) is 14.9. The van der Waals surface area contributed by atoms with Gasteiger partial charge in [0.25, 0.3) is 0 Å². The van der Waals surface area contributed by atoms with Gasteiger partial charge in [0.15, 0.2) is 0 Å². The summed E-state index contributed by atoms with van der Waals surface area (Å²) in [5.74, 6) is 2.97. The van der Waals surface area contributed by atoms with Crippen LogP contribution in [-0.4, -0.2) is 6.54 Å². The Hall–Kier alpha value is -0.820. The van der Waals surface area contributed by atoms with Gasteiger partial charge in [0.2, 0.25) is 0 Å². The normalized spacial score (nSPS) is 28.6. The molecule has 3 rings (SSSR count). The van der Waals surface area contributed by atoms with Crippen LogP contribution in [0.5, 0.6) is 0 Å². The van der Waals surface area contributed by atoms with Crippen LogP contribution in [0.25, 0.3) is 0 Å². The molecule has 0 spiro atoms. The van der Waals surface area contributed by atoms with Gasteiger partial charge in [0.1, 0.15) is 0 Å². The van der Waals surface area contributed by atoms with Crippen molar-refractivity contribution in [3.63, 3.8) is 0 Å². The SMILES string of the molecule is CCNC(c1c(C)c(C)c(C)c(C)c1C)C1CC2CC2C1. The minimum atomic E-state index is 0.570. The van der Waals surface area contributed by atoms with Crippen molar-refractivity contribution in [1.29, 1.82) is 0 Å². The molecule has 116 valence electrons. The maximum atomic E-state index is 3.84. The summed E-state index contributed by atoms with van der Waals surface area (Å²) < 4.78 is 0. The van der Waals surface area contributed by atoms with Crippen molar-refractivity contribution in [2.45, 2.75) is 66.8 Å². The average Bonchev–Trinajstić information content (AvgIpc) is 3.08. The zero-order valence-corrected chi connectivity index (χ0v) is 14.6. The summed E-state index contributed by atoms with van der Waals surface area (Å²) in [5, 5.41) is 3.84. The van der Waals surface area contributed by atoms with Crippen molar-refractivity contribution in [2.75, 3.05) is 6.54 Å². The van der Waals surface area contributed by atoms with E-state index in [0.29, 0.717) is 6.04 Å². The number of benzene rings is 1. The van der Waals surface area contributed by atoms with E-state index < -0.39 is 0 Å². The molecule has 21 heavy (non-hydrogen) atoms. The monoisotopic (exact) mass is 285 g/mol. The number of hydrogen-bond acceptors (Lipinski definition) is 1. The summed E-state index contributed by atoms with van der Waals surface area (Å²) in [6, 6.07) is 0.570. The smallest absolute Gasteiger partial charge is 0.0354 e. The van der Waals surface area contributed by atoms with Crippen LogP contribution in [-0.2, 0) is 0 Å². The van der Waals surface area contributed by atoms with Crippen molar-refractivity contribution in [2.24, 2.45) is 17.8 Å². The van der Waals surface area contributed by atoms with Gasteiger partial charge in [0, 0.05) is 6.04 Å². The Morgan fingerprint density at radius 3 is 1.76 bits per heavy atom. The van der Waals surface area contributed by atoms with Crippen LogP contribution in [0.15, 0.2) is 0 Å². The first-order chi connectivity index (χ1) is 9.95. The zero-order valence-electron chi connectivity index (χ0n) is 14.6. The van der Waals surface area contributed by atoms with Crippen LogP contribution in [0.2, 0.25) is 0 Å². The lowest BCUT2D eigenvalue weighted by Crippen LogP contribution is -2.29. The number of nitrogens with one attached hydrogen (secondary N) is 1. The molecule has 0 heterocycles. The third-order valence-electron chi connectivity index (χ3n) is 6.54. The summed E-state index contributed by atoms with van der Waals surface area (Å²) in [6.07, 6.45) is 4.42.